The Kier molecular flexibility index (Phi) is 13.3. The number of ketones is 1. The molecule has 0 aliphatic heterocycles. The van der Waals surface area contributed by atoms with Crippen LogP contribution in [0.25, 0.3) is 0 Å². The minimum absolute atomic E-state index is 0.0567. The number of aromatic amines is 1. The number of Topliss-reactive ketones (excluding diaryl/α,β-unsaturated/α-hetero) is 1. The van der Waals surface area contributed by atoms with E-state index in [4.69, 9.17) is 5.73 Å². The molecule has 1 aromatic heterocycles. The Balaban J connectivity index is 2.02. The third-order valence-corrected chi connectivity index (χ3v) is 5.84. The summed E-state index contributed by atoms with van der Waals surface area (Å²) in [6.07, 6.45) is 19.1. The summed E-state index contributed by atoms with van der Waals surface area (Å²) in [7, 11) is 0. The molecule has 0 bridgehead atoms. The number of aromatic nitrogens is 2. The molecule has 0 radical (unpaired) electrons. The van der Waals surface area contributed by atoms with Crippen molar-refractivity contribution in [3.63, 3.8) is 0 Å². The van der Waals surface area contributed by atoms with E-state index in [1.54, 1.807) is 0 Å². The molecule has 0 aliphatic rings. The number of H-pyrrole nitrogens is 1. The van der Waals surface area contributed by atoms with Crippen molar-refractivity contribution in [2.45, 2.75) is 116 Å². The molecule has 1 aromatic rings. The molecule has 1 atom stereocenters. The fourth-order valence-electron chi connectivity index (χ4n) is 3.80. The number of hydrogen-bond acceptors (Lipinski definition) is 4. The third kappa shape index (κ3) is 10.9. The van der Waals surface area contributed by atoms with Gasteiger partial charge in [-0.05, 0) is 12.3 Å². The smallest absolute Gasteiger partial charge is 0.331 e. The van der Waals surface area contributed by atoms with E-state index in [1.165, 1.54) is 76.7 Å². The van der Waals surface area contributed by atoms with E-state index in [0.29, 0.717) is 12.1 Å². The number of carbonyl (C=O) groups excluding carboxylic acids is 1. The second-order valence-corrected chi connectivity index (χ2v) is 9.13. The van der Waals surface area contributed by atoms with Crippen molar-refractivity contribution in [2.24, 2.45) is 11.7 Å². The Morgan fingerprint density at radius 2 is 1.47 bits per heavy atom. The fourth-order valence-corrected chi connectivity index (χ4v) is 3.80. The third-order valence-electron chi connectivity index (χ3n) is 5.84. The summed E-state index contributed by atoms with van der Waals surface area (Å²) in [5.74, 6) is -0.847. The van der Waals surface area contributed by atoms with E-state index in [9.17, 15) is 14.7 Å². The van der Waals surface area contributed by atoms with Crippen LogP contribution in [0.15, 0.2) is 12.5 Å². The number of aliphatic carboxylic acids is 1. The van der Waals surface area contributed by atoms with Crippen molar-refractivity contribution in [3.05, 3.63) is 18.2 Å². The van der Waals surface area contributed by atoms with Gasteiger partial charge in [0.1, 0.15) is 0 Å². The highest BCUT2D eigenvalue weighted by atomic mass is 16.4. The van der Waals surface area contributed by atoms with E-state index >= 15 is 0 Å². The summed E-state index contributed by atoms with van der Waals surface area (Å²) < 4.78 is 0. The zero-order valence-electron chi connectivity index (χ0n) is 19.1. The van der Waals surface area contributed by atoms with E-state index in [-0.39, 0.29) is 12.8 Å². The molecule has 0 aromatic carbocycles. The number of imidazole rings is 1. The van der Waals surface area contributed by atoms with Gasteiger partial charge in [-0.1, -0.05) is 90.9 Å². The standard InChI is InChI=1S/C24H43N3O3/c1-20(2)15-13-11-9-7-5-3-4-6-8-10-12-14-16-22(28)24(25,23(29)30)17-21-18-26-19-27-21/h18-20H,3-17,25H2,1-2H3,(H,26,27)(H,29,30)/t24-/m1/s1. The molecule has 0 aliphatic carbocycles. The van der Waals surface area contributed by atoms with Crippen LogP contribution in [0.5, 0.6) is 0 Å². The lowest BCUT2D eigenvalue weighted by Gasteiger charge is -2.22. The molecular weight excluding hydrogens is 378 g/mol. The summed E-state index contributed by atoms with van der Waals surface area (Å²) in [5, 5.41) is 9.45. The second kappa shape index (κ2) is 15.2. The van der Waals surface area contributed by atoms with Crippen molar-refractivity contribution in [1.29, 1.82) is 0 Å². The molecular formula is C24H43N3O3. The van der Waals surface area contributed by atoms with Crippen molar-refractivity contribution < 1.29 is 14.7 Å². The number of nitrogens with two attached hydrogens (primary N) is 1. The number of carbonyl (C=O) groups is 2. The topological polar surface area (TPSA) is 109 Å². The van der Waals surface area contributed by atoms with Gasteiger partial charge in [0.05, 0.1) is 6.33 Å². The monoisotopic (exact) mass is 421 g/mol. The van der Waals surface area contributed by atoms with Crippen LogP contribution in [-0.4, -0.2) is 32.4 Å². The Morgan fingerprint density at radius 3 is 1.90 bits per heavy atom. The van der Waals surface area contributed by atoms with Crippen LogP contribution in [0, 0.1) is 5.92 Å². The molecule has 6 nitrogen and oxygen atoms in total. The maximum atomic E-state index is 12.4. The van der Waals surface area contributed by atoms with Gasteiger partial charge in [-0.3, -0.25) is 4.79 Å². The Morgan fingerprint density at radius 1 is 0.967 bits per heavy atom. The van der Waals surface area contributed by atoms with Gasteiger partial charge in [0.2, 0.25) is 0 Å². The average Bonchev–Trinajstić information content (AvgIpc) is 3.20. The van der Waals surface area contributed by atoms with E-state index < -0.39 is 17.3 Å². The molecule has 0 saturated carbocycles. The lowest BCUT2D eigenvalue weighted by Crippen LogP contribution is -2.56. The Bertz CT molecular complexity index is 587. The Hall–Kier alpha value is -1.69. The average molecular weight is 422 g/mol. The maximum Gasteiger partial charge on any atom is 0.331 e. The van der Waals surface area contributed by atoms with Crippen LogP contribution in [0.2, 0.25) is 0 Å². The van der Waals surface area contributed by atoms with Crippen LogP contribution in [0.4, 0.5) is 0 Å². The van der Waals surface area contributed by atoms with Gasteiger partial charge in [-0.15, -0.1) is 0 Å². The minimum atomic E-state index is -1.87. The van der Waals surface area contributed by atoms with Gasteiger partial charge in [-0.25, -0.2) is 9.78 Å². The van der Waals surface area contributed by atoms with Gasteiger partial charge in [0, 0.05) is 24.7 Å². The van der Waals surface area contributed by atoms with Gasteiger partial charge in [0.15, 0.2) is 11.3 Å². The van der Waals surface area contributed by atoms with Gasteiger partial charge >= 0.3 is 5.97 Å². The summed E-state index contributed by atoms with van der Waals surface area (Å²) in [6, 6.07) is 0. The Labute approximate surface area is 182 Å². The number of unbranched alkanes of at least 4 members (excludes halogenated alkanes) is 11. The molecule has 0 unspecified atom stereocenters. The van der Waals surface area contributed by atoms with E-state index in [0.717, 1.165) is 18.8 Å². The predicted molar refractivity (Wildman–Crippen MR) is 121 cm³/mol. The minimum Gasteiger partial charge on any atom is -0.480 e. The summed E-state index contributed by atoms with van der Waals surface area (Å²) >= 11 is 0. The van der Waals surface area contributed by atoms with Crippen molar-refractivity contribution in [2.75, 3.05) is 0 Å². The zero-order chi connectivity index (χ0) is 22.2. The van der Waals surface area contributed by atoms with Crippen LogP contribution in [-0.2, 0) is 16.0 Å². The molecule has 4 N–H and O–H groups in total. The number of nitrogens with zero attached hydrogens (tertiary/aromatic N) is 1. The molecule has 1 rings (SSSR count). The van der Waals surface area contributed by atoms with Crippen LogP contribution < -0.4 is 5.73 Å². The SMILES string of the molecule is CC(C)CCCCCCCCCCCCCCC(=O)[C@](N)(Cc1cnc[nH]1)C(=O)O. The van der Waals surface area contributed by atoms with E-state index in [2.05, 4.69) is 23.8 Å². The fraction of sp³-hybridized carbons (Fsp3) is 0.792. The summed E-state index contributed by atoms with van der Waals surface area (Å²) in [5.41, 5.74) is 4.62. The molecule has 0 fully saturated rings. The number of hydrogen-bond donors (Lipinski definition) is 3. The highest BCUT2D eigenvalue weighted by Gasteiger charge is 2.41. The molecule has 30 heavy (non-hydrogen) atoms. The molecule has 0 amide bonds. The first-order valence-corrected chi connectivity index (χ1v) is 11.9. The number of rotatable bonds is 19. The molecule has 0 spiro atoms. The predicted octanol–water partition coefficient (Wildman–Crippen LogP) is 5.42. The lowest BCUT2D eigenvalue weighted by molar-refractivity contribution is -0.148. The summed E-state index contributed by atoms with van der Waals surface area (Å²) in [6.45, 7) is 4.59. The molecule has 6 heteroatoms. The van der Waals surface area contributed by atoms with E-state index in [1.807, 2.05) is 0 Å². The lowest BCUT2D eigenvalue weighted by atomic mass is 9.87. The van der Waals surface area contributed by atoms with Crippen LogP contribution in [0.3, 0.4) is 0 Å². The highest BCUT2D eigenvalue weighted by molar-refractivity contribution is 6.07. The largest absolute Gasteiger partial charge is 0.480 e. The van der Waals surface area contributed by atoms with Crippen molar-refractivity contribution in [3.8, 4) is 0 Å². The summed E-state index contributed by atoms with van der Waals surface area (Å²) in [4.78, 5) is 30.7. The number of carboxylic acid groups (broad SMARTS) is 1. The van der Waals surface area contributed by atoms with Crippen molar-refractivity contribution in [1.82, 2.24) is 9.97 Å². The first-order chi connectivity index (χ1) is 14.4. The maximum absolute atomic E-state index is 12.4. The highest BCUT2D eigenvalue weighted by Crippen LogP contribution is 2.17. The molecule has 172 valence electrons. The molecule has 1 heterocycles. The first kappa shape index (κ1) is 26.3. The normalized spacial score (nSPS) is 13.5. The van der Waals surface area contributed by atoms with Crippen LogP contribution >= 0.6 is 0 Å². The molecule has 0 saturated heterocycles. The van der Waals surface area contributed by atoms with Gasteiger partial charge in [-0.2, -0.15) is 0 Å². The first-order valence-electron chi connectivity index (χ1n) is 11.9. The van der Waals surface area contributed by atoms with Crippen LogP contribution in [0.1, 0.15) is 109 Å². The quantitative estimate of drug-likeness (QED) is 0.204. The number of nitrogens with one attached hydrogen (secondary N) is 1. The van der Waals surface area contributed by atoms with Gasteiger partial charge in [0.25, 0.3) is 0 Å². The van der Waals surface area contributed by atoms with Gasteiger partial charge < -0.3 is 15.8 Å². The van der Waals surface area contributed by atoms with Crippen molar-refractivity contribution >= 4 is 11.8 Å². The second-order valence-electron chi connectivity index (χ2n) is 9.13. The number of carboxylic acids is 1. The zero-order valence-corrected chi connectivity index (χ0v) is 19.1.